The van der Waals surface area contributed by atoms with E-state index in [0.717, 1.165) is 36.4 Å². The molecular weight excluding hydrogens is 408 g/mol. The molecule has 1 aromatic heterocycles. The lowest BCUT2D eigenvalue weighted by Crippen LogP contribution is -2.35. The van der Waals surface area contributed by atoms with Gasteiger partial charge < -0.3 is 19.5 Å². The van der Waals surface area contributed by atoms with Crippen molar-refractivity contribution in [3.63, 3.8) is 0 Å². The fourth-order valence-electron chi connectivity index (χ4n) is 3.67. The summed E-state index contributed by atoms with van der Waals surface area (Å²) in [7, 11) is 1.62. The average Bonchev–Trinajstić information content (AvgIpc) is 3.28. The molecule has 0 bridgehead atoms. The van der Waals surface area contributed by atoms with E-state index < -0.39 is 0 Å². The maximum Gasteiger partial charge on any atom is 0.226 e. The Labute approximate surface area is 186 Å². The highest BCUT2D eigenvalue weighted by Crippen LogP contribution is 2.24. The first-order valence-corrected chi connectivity index (χ1v) is 10.8. The van der Waals surface area contributed by atoms with E-state index in [1.165, 1.54) is 0 Å². The van der Waals surface area contributed by atoms with E-state index in [2.05, 4.69) is 15.5 Å². The van der Waals surface area contributed by atoms with Gasteiger partial charge in [0.15, 0.2) is 0 Å². The van der Waals surface area contributed by atoms with Crippen LogP contribution in [0, 0.1) is 0 Å². The Balaban J connectivity index is 1.27. The number of benzene rings is 2. The number of carbonyl (C=O) groups is 2. The molecule has 0 spiro atoms. The second kappa shape index (κ2) is 10.1. The van der Waals surface area contributed by atoms with Gasteiger partial charge in [-0.25, -0.2) is 0 Å². The minimum Gasteiger partial charge on any atom is -0.497 e. The van der Waals surface area contributed by atoms with Gasteiger partial charge in [0.2, 0.25) is 23.5 Å². The number of methoxy groups -OCH3 is 1. The van der Waals surface area contributed by atoms with Gasteiger partial charge >= 0.3 is 0 Å². The number of amides is 2. The molecule has 3 aromatic rings. The van der Waals surface area contributed by atoms with Gasteiger partial charge in [-0.2, -0.15) is 4.98 Å². The van der Waals surface area contributed by atoms with Crippen LogP contribution in [0.25, 0.3) is 11.4 Å². The molecule has 8 heteroatoms. The van der Waals surface area contributed by atoms with E-state index in [4.69, 9.17) is 9.26 Å². The monoisotopic (exact) mass is 434 g/mol. The van der Waals surface area contributed by atoms with E-state index in [-0.39, 0.29) is 11.8 Å². The first-order valence-electron chi connectivity index (χ1n) is 10.8. The van der Waals surface area contributed by atoms with E-state index in [9.17, 15) is 9.59 Å². The predicted molar refractivity (Wildman–Crippen MR) is 120 cm³/mol. The number of aromatic nitrogens is 2. The fourth-order valence-corrected chi connectivity index (χ4v) is 3.67. The lowest BCUT2D eigenvalue weighted by Gasteiger charge is -2.27. The summed E-state index contributed by atoms with van der Waals surface area (Å²) in [5, 5.41) is 6.92. The molecule has 2 heterocycles. The van der Waals surface area contributed by atoms with Crippen LogP contribution in [0.5, 0.6) is 5.75 Å². The standard InChI is InChI=1S/C24H26N4O4/c1-31-20-13-11-17(12-14-20)24-26-22(32-27-24)9-5-8-21(29)25-18-6-4-7-19(16-18)28-15-3-2-10-23(28)30/h4,6-7,11-14,16H,2-3,5,8-10,15H2,1H3,(H,25,29). The number of aryl methyl sites for hydroxylation is 1. The number of piperidine rings is 1. The van der Waals surface area contributed by atoms with Crippen LogP contribution in [0.3, 0.4) is 0 Å². The predicted octanol–water partition coefficient (Wildman–Crippen LogP) is 4.22. The largest absolute Gasteiger partial charge is 0.497 e. The maximum atomic E-state index is 12.4. The Bertz CT molecular complexity index is 1080. The Morgan fingerprint density at radius 3 is 2.81 bits per heavy atom. The molecule has 0 unspecified atom stereocenters. The van der Waals surface area contributed by atoms with Crippen molar-refractivity contribution in [1.82, 2.24) is 10.1 Å². The van der Waals surface area contributed by atoms with Crippen LogP contribution in [0.4, 0.5) is 11.4 Å². The van der Waals surface area contributed by atoms with Crippen molar-refractivity contribution in [2.45, 2.75) is 38.5 Å². The molecule has 0 atom stereocenters. The number of nitrogens with one attached hydrogen (secondary N) is 1. The van der Waals surface area contributed by atoms with Gasteiger partial charge in [0.1, 0.15) is 5.75 Å². The first kappa shape index (κ1) is 21.5. The van der Waals surface area contributed by atoms with Crippen molar-refractivity contribution in [3.05, 3.63) is 54.4 Å². The van der Waals surface area contributed by atoms with E-state index in [1.54, 1.807) is 12.0 Å². The molecule has 2 amide bonds. The van der Waals surface area contributed by atoms with Crippen molar-refractivity contribution < 1.29 is 18.8 Å². The third-order valence-corrected chi connectivity index (χ3v) is 5.38. The lowest BCUT2D eigenvalue weighted by molar-refractivity contribution is -0.119. The zero-order valence-electron chi connectivity index (χ0n) is 18.0. The van der Waals surface area contributed by atoms with Crippen molar-refractivity contribution >= 4 is 23.2 Å². The third-order valence-electron chi connectivity index (χ3n) is 5.38. The van der Waals surface area contributed by atoms with Crippen LogP contribution in [0.2, 0.25) is 0 Å². The van der Waals surface area contributed by atoms with Crippen LogP contribution >= 0.6 is 0 Å². The molecule has 1 saturated heterocycles. The Morgan fingerprint density at radius 2 is 2.03 bits per heavy atom. The quantitative estimate of drug-likeness (QED) is 0.570. The van der Waals surface area contributed by atoms with Gasteiger partial charge in [0, 0.05) is 42.7 Å². The SMILES string of the molecule is COc1ccc(-c2noc(CCCC(=O)Nc3cccc(N4CCCCC4=O)c3)n2)cc1. The first-order chi connectivity index (χ1) is 15.6. The average molecular weight is 434 g/mol. The van der Waals surface area contributed by atoms with Crippen molar-refractivity contribution in [1.29, 1.82) is 0 Å². The molecule has 0 saturated carbocycles. The molecule has 0 aliphatic carbocycles. The fraction of sp³-hybridized carbons (Fsp3) is 0.333. The van der Waals surface area contributed by atoms with Crippen molar-refractivity contribution in [3.8, 4) is 17.1 Å². The Morgan fingerprint density at radius 1 is 1.19 bits per heavy atom. The normalized spacial score (nSPS) is 13.8. The van der Waals surface area contributed by atoms with Crippen LogP contribution < -0.4 is 15.0 Å². The van der Waals surface area contributed by atoms with E-state index in [0.29, 0.717) is 43.1 Å². The minimum atomic E-state index is -0.0954. The van der Waals surface area contributed by atoms with Crippen molar-refractivity contribution in [2.24, 2.45) is 0 Å². The smallest absolute Gasteiger partial charge is 0.226 e. The second-order valence-electron chi connectivity index (χ2n) is 7.69. The highest BCUT2D eigenvalue weighted by atomic mass is 16.5. The summed E-state index contributed by atoms with van der Waals surface area (Å²) >= 11 is 0. The Kier molecular flexibility index (Phi) is 6.79. The summed E-state index contributed by atoms with van der Waals surface area (Å²) in [6.45, 7) is 0.721. The van der Waals surface area contributed by atoms with Gasteiger partial charge in [-0.05, 0) is 61.7 Å². The van der Waals surface area contributed by atoms with Gasteiger partial charge in [0.25, 0.3) is 0 Å². The number of hydrogen-bond donors (Lipinski definition) is 1. The summed E-state index contributed by atoms with van der Waals surface area (Å²) in [6.07, 6.45) is 3.93. The molecule has 1 aliphatic rings. The summed E-state index contributed by atoms with van der Waals surface area (Å²) < 4.78 is 10.5. The van der Waals surface area contributed by atoms with E-state index >= 15 is 0 Å². The number of anilines is 2. The van der Waals surface area contributed by atoms with E-state index in [1.807, 2.05) is 48.5 Å². The molecule has 166 valence electrons. The number of carbonyl (C=O) groups excluding carboxylic acids is 2. The van der Waals surface area contributed by atoms with Gasteiger partial charge in [-0.1, -0.05) is 11.2 Å². The molecular formula is C24H26N4O4. The van der Waals surface area contributed by atoms with Crippen LogP contribution in [-0.4, -0.2) is 35.6 Å². The summed E-state index contributed by atoms with van der Waals surface area (Å²) in [6, 6.07) is 14.8. The van der Waals surface area contributed by atoms with Crippen LogP contribution in [-0.2, 0) is 16.0 Å². The topological polar surface area (TPSA) is 97.6 Å². The van der Waals surface area contributed by atoms with Crippen molar-refractivity contribution in [2.75, 3.05) is 23.9 Å². The summed E-state index contributed by atoms with van der Waals surface area (Å²) in [5.41, 5.74) is 2.35. The number of ether oxygens (including phenoxy) is 1. The Hall–Kier alpha value is -3.68. The zero-order chi connectivity index (χ0) is 22.3. The summed E-state index contributed by atoms with van der Waals surface area (Å²) in [5.74, 6) is 1.80. The number of rotatable bonds is 8. The number of nitrogens with zero attached hydrogens (tertiary/aromatic N) is 3. The minimum absolute atomic E-state index is 0.0954. The molecule has 0 radical (unpaired) electrons. The molecule has 1 N–H and O–H groups in total. The second-order valence-corrected chi connectivity index (χ2v) is 7.69. The molecule has 1 fully saturated rings. The molecule has 1 aliphatic heterocycles. The summed E-state index contributed by atoms with van der Waals surface area (Å²) in [4.78, 5) is 30.7. The van der Waals surface area contributed by atoms with Crippen LogP contribution in [0.15, 0.2) is 53.1 Å². The molecule has 4 rings (SSSR count). The van der Waals surface area contributed by atoms with Gasteiger partial charge in [-0.15, -0.1) is 0 Å². The van der Waals surface area contributed by atoms with Crippen LogP contribution in [0.1, 0.15) is 38.0 Å². The molecule has 2 aromatic carbocycles. The maximum absolute atomic E-state index is 12.4. The lowest BCUT2D eigenvalue weighted by atomic mass is 10.1. The molecule has 8 nitrogen and oxygen atoms in total. The highest BCUT2D eigenvalue weighted by Gasteiger charge is 2.19. The van der Waals surface area contributed by atoms with Gasteiger partial charge in [0.05, 0.1) is 7.11 Å². The zero-order valence-corrected chi connectivity index (χ0v) is 18.0. The number of hydrogen-bond acceptors (Lipinski definition) is 6. The van der Waals surface area contributed by atoms with Gasteiger partial charge in [-0.3, -0.25) is 9.59 Å². The highest BCUT2D eigenvalue weighted by molar-refractivity contribution is 5.96. The third kappa shape index (κ3) is 5.32. The molecule has 32 heavy (non-hydrogen) atoms.